The molecule has 32 heteroatoms. The SMILES string of the molecule is CC(=O)NC1[C@H](OCCCCCC(=O)NCCCCC(=O)CN(CC(=O)NCCCNC(=O)CCCCCO[C@@H]2OC(CO)[C@H](O)[C@H](O)C2C)C(CCCCNC(=O)CCCC(=O)CCCCCCCOC(C)C)C(=O)CCCCNC(=O)CCCCCO[C@@H]2OC(CO)[C@H](O)[C@H](O)C2C)OC(CO)[C@H](O)[C@@H]1O. The van der Waals surface area contributed by atoms with Crippen LogP contribution in [0.15, 0.2) is 0 Å². The second kappa shape index (κ2) is 58.1. The Kier molecular flexibility index (Phi) is 52.3. The minimum Gasteiger partial charge on any atom is -0.394 e. The molecule has 626 valence electrons. The van der Waals surface area contributed by atoms with Crippen LogP contribution in [0.4, 0.5) is 0 Å². The number of ether oxygens (including phenoxy) is 7. The number of unbranched alkanes of at least 4 members (excludes halogenated alkanes) is 13. The Morgan fingerprint density at radius 2 is 0.741 bits per heavy atom. The highest BCUT2D eigenvalue weighted by Gasteiger charge is 2.46. The number of carbonyl (C=O) groups is 9. The quantitative estimate of drug-likeness (QED) is 0.0385. The van der Waals surface area contributed by atoms with Crippen LogP contribution < -0.4 is 31.9 Å². The number of carbonyl (C=O) groups excluding carboxylic acids is 9. The van der Waals surface area contributed by atoms with Gasteiger partial charge < -0.3 is 111 Å². The number of hydrogen-bond donors (Lipinski definition) is 15. The zero-order chi connectivity index (χ0) is 79.6. The van der Waals surface area contributed by atoms with Gasteiger partial charge in [-0.3, -0.25) is 48.1 Å². The van der Waals surface area contributed by atoms with E-state index < -0.39 is 129 Å². The number of aliphatic hydroxyl groups is 9. The molecule has 0 aromatic heterocycles. The zero-order valence-electron chi connectivity index (χ0n) is 65.1. The van der Waals surface area contributed by atoms with Gasteiger partial charge in [0.15, 0.2) is 18.9 Å². The van der Waals surface area contributed by atoms with E-state index in [1.807, 2.05) is 13.8 Å². The molecule has 0 spiro atoms. The van der Waals surface area contributed by atoms with Crippen LogP contribution >= 0.6 is 0 Å². The molecule has 3 fully saturated rings. The Morgan fingerprint density at radius 3 is 1.22 bits per heavy atom. The van der Waals surface area contributed by atoms with Gasteiger partial charge in [0.05, 0.1) is 57.3 Å². The second-order valence-corrected chi connectivity index (χ2v) is 29.4. The van der Waals surface area contributed by atoms with Crippen LogP contribution in [0.3, 0.4) is 0 Å². The first-order chi connectivity index (χ1) is 51.8. The maximum atomic E-state index is 14.5. The molecule has 0 aromatic rings. The Balaban J connectivity index is 1.59. The first kappa shape index (κ1) is 97.3. The number of ketones is 3. The number of nitrogens with zero attached hydrogens (tertiary/aromatic N) is 1. The predicted molar refractivity (Wildman–Crippen MR) is 397 cm³/mol. The largest absolute Gasteiger partial charge is 0.394 e. The van der Waals surface area contributed by atoms with E-state index in [1.165, 1.54) is 6.92 Å². The Labute approximate surface area is 639 Å². The molecule has 6 amide bonds. The van der Waals surface area contributed by atoms with Crippen LogP contribution in [-0.4, -0.2) is 288 Å². The first-order valence-corrected chi connectivity index (χ1v) is 40.1. The molecule has 0 saturated carbocycles. The van der Waals surface area contributed by atoms with Crippen LogP contribution in [0.25, 0.3) is 0 Å². The highest BCUT2D eigenvalue weighted by molar-refractivity contribution is 5.88. The molecule has 108 heavy (non-hydrogen) atoms. The number of Topliss-reactive ketones (excluding diaryl/α,β-unsaturated/α-hetero) is 3. The summed E-state index contributed by atoms with van der Waals surface area (Å²) >= 11 is 0. The Morgan fingerprint density at radius 1 is 0.380 bits per heavy atom. The van der Waals surface area contributed by atoms with Crippen LogP contribution in [-0.2, 0) is 76.3 Å². The molecule has 15 N–H and O–H groups in total. The van der Waals surface area contributed by atoms with Crippen molar-refractivity contribution in [2.24, 2.45) is 11.8 Å². The summed E-state index contributed by atoms with van der Waals surface area (Å²) in [7, 11) is 0. The topological polar surface area (TPSA) is 476 Å². The molecule has 0 bridgehead atoms. The van der Waals surface area contributed by atoms with E-state index in [-0.39, 0.29) is 145 Å². The molecule has 0 radical (unpaired) electrons. The molecule has 0 aliphatic carbocycles. The number of rotatable bonds is 63. The third kappa shape index (κ3) is 41.1. The monoisotopic (exact) mass is 1550 g/mol. The minimum absolute atomic E-state index is 0.0746. The van der Waals surface area contributed by atoms with Gasteiger partial charge in [-0.05, 0) is 123 Å². The summed E-state index contributed by atoms with van der Waals surface area (Å²) in [6, 6.07) is -1.95. The van der Waals surface area contributed by atoms with Gasteiger partial charge in [0.25, 0.3) is 0 Å². The molecule has 3 rings (SSSR count). The summed E-state index contributed by atoms with van der Waals surface area (Å²) in [4.78, 5) is 120. The van der Waals surface area contributed by atoms with E-state index >= 15 is 0 Å². The van der Waals surface area contributed by atoms with Crippen molar-refractivity contribution in [1.82, 2.24) is 36.8 Å². The molecule has 3 aliphatic heterocycles. The lowest BCUT2D eigenvalue weighted by Crippen LogP contribution is -2.64. The molecule has 3 heterocycles. The van der Waals surface area contributed by atoms with Crippen molar-refractivity contribution in [2.45, 2.75) is 326 Å². The van der Waals surface area contributed by atoms with E-state index in [1.54, 1.807) is 18.7 Å². The summed E-state index contributed by atoms with van der Waals surface area (Å²) < 4.78 is 39.8. The molecule has 3 saturated heterocycles. The fraction of sp³-hybridized carbons (Fsp3) is 0.882. The Hall–Kier alpha value is -4.85. The molecule has 0 aromatic carbocycles. The normalized spacial score (nSPS) is 24.6. The van der Waals surface area contributed by atoms with Crippen molar-refractivity contribution >= 4 is 52.8 Å². The summed E-state index contributed by atoms with van der Waals surface area (Å²) in [6.45, 7) is 9.32. The van der Waals surface area contributed by atoms with Gasteiger partial charge in [-0.25, -0.2) is 0 Å². The van der Waals surface area contributed by atoms with E-state index in [4.69, 9.17) is 33.2 Å². The van der Waals surface area contributed by atoms with E-state index in [0.717, 1.165) is 38.7 Å². The molecule has 32 nitrogen and oxygen atoms in total. The summed E-state index contributed by atoms with van der Waals surface area (Å²) in [5, 5.41) is 107. The van der Waals surface area contributed by atoms with Crippen LogP contribution in [0.2, 0.25) is 0 Å². The zero-order valence-corrected chi connectivity index (χ0v) is 65.1. The van der Waals surface area contributed by atoms with Crippen molar-refractivity contribution in [3.63, 3.8) is 0 Å². The van der Waals surface area contributed by atoms with Gasteiger partial charge in [0.1, 0.15) is 66.1 Å². The average Bonchev–Trinajstić information content (AvgIpc) is 0.824. The molecule has 3 aliphatic rings. The predicted octanol–water partition coefficient (Wildman–Crippen LogP) is 1.61. The third-order valence-corrected chi connectivity index (χ3v) is 19.7. The lowest BCUT2D eigenvalue weighted by Gasteiger charge is -2.42. The van der Waals surface area contributed by atoms with E-state index in [2.05, 4.69) is 31.9 Å². The van der Waals surface area contributed by atoms with Crippen molar-refractivity contribution in [3.8, 4) is 0 Å². The average molecular weight is 1550 g/mol. The van der Waals surface area contributed by atoms with Gasteiger partial charge in [-0.2, -0.15) is 0 Å². The van der Waals surface area contributed by atoms with Crippen molar-refractivity contribution < 1.29 is 122 Å². The molecule has 7 unspecified atom stereocenters. The lowest BCUT2D eigenvalue weighted by molar-refractivity contribution is -0.282. The smallest absolute Gasteiger partial charge is 0.234 e. The Bertz CT molecular complexity index is 2530. The fourth-order valence-electron chi connectivity index (χ4n) is 13.0. The van der Waals surface area contributed by atoms with Crippen molar-refractivity contribution in [1.29, 1.82) is 0 Å². The van der Waals surface area contributed by atoms with Crippen molar-refractivity contribution in [3.05, 3.63) is 0 Å². The van der Waals surface area contributed by atoms with E-state index in [9.17, 15) is 89.1 Å². The standard InChI is InChI=1S/C76H137N7O25/c1-51(2)102-42-22-8-6-7-12-28-55(88)30-26-36-65(94)79-38-20-17-31-57(58(90)32-18-21-39-78-63(92)33-13-9-23-43-103-74-52(3)68(96)70(98)59(48-84)106-74)83(47-66(95)81-41-27-40-80-64(93)35-14-10-24-44-104-75-53(4)69(97)71(99)60(49-85)107-75)46-56(89)29-16-19-37-77-62(91)34-15-11-25-45-105-76-67(82-54(5)87)73(101)72(100)61(50-86)108-76/h51-53,57,59-61,67-76,84-86,96-101H,6-50H2,1-5H3,(H,77,91)(H,78,92)(H,79,94)(H,80,93)(H,81,95)(H,82,87)/t52?,53?,57?,59?,60?,61?,67?,68-,69-,70+,71+,72+,73-,74-,75-,76-/m1/s1. The van der Waals surface area contributed by atoms with Gasteiger partial charge in [-0.15, -0.1) is 0 Å². The molecular weight excluding hydrogens is 1410 g/mol. The van der Waals surface area contributed by atoms with E-state index in [0.29, 0.717) is 135 Å². The third-order valence-electron chi connectivity index (χ3n) is 19.7. The maximum absolute atomic E-state index is 14.5. The minimum atomic E-state index is -1.44. The van der Waals surface area contributed by atoms with Gasteiger partial charge in [0.2, 0.25) is 35.4 Å². The van der Waals surface area contributed by atoms with Crippen LogP contribution in [0, 0.1) is 11.8 Å². The summed E-state index contributed by atoms with van der Waals surface area (Å²) in [5.74, 6) is -3.01. The van der Waals surface area contributed by atoms with Gasteiger partial charge in [0, 0.05) is 129 Å². The van der Waals surface area contributed by atoms with Crippen LogP contribution in [0.5, 0.6) is 0 Å². The lowest BCUT2D eigenvalue weighted by atomic mass is 9.92. The van der Waals surface area contributed by atoms with Gasteiger partial charge >= 0.3 is 0 Å². The number of hydrogen-bond acceptors (Lipinski definition) is 26. The van der Waals surface area contributed by atoms with Crippen LogP contribution in [0.1, 0.15) is 234 Å². The van der Waals surface area contributed by atoms with Crippen molar-refractivity contribution in [2.75, 3.05) is 92.1 Å². The summed E-state index contributed by atoms with van der Waals surface area (Å²) in [6.07, 6.45) is 2.49. The fourth-order valence-corrected chi connectivity index (χ4v) is 13.0. The highest BCUT2D eigenvalue weighted by atomic mass is 16.7. The first-order valence-electron chi connectivity index (χ1n) is 40.1. The number of aliphatic hydroxyl groups excluding tert-OH is 9. The molecule has 16 atom stereocenters. The second-order valence-electron chi connectivity index (χ2n) is 29.4. The number of amides is 6. The van der Waals surface area contributed by atoms with Gasteiger partial charge in [-0.1, -0.05) is 52.4 Å². The molecular formula is C76H137N7O25. The number of nitrogens with one attached hydrogen (secondary N) is 6. The highest BCUT2D eigenvalue weighted by Crippen LogP contribution is 2.29. The summed E-state index contributed by atoms with van der Waals surface area (Å²) in [5.41, 5.74) is 0. The maximum Gasteiger partial charge on any atom is 0.234 e.